The first kappa shape index (κ1) is 20.0. The smallest absolute Gasteiger partial charge is 0.475 e. The molecule has 0 aliphatic carbocycles. The molecule has 0 aromatic heterocycles. The molecule has 8 heteroatoms. The van der Waals surface area contributed by atoms with Gasteiger partial charge < -0.3 is 10.2 Å². The molecule has 134 valence electrons. The summed E-state index contributed by atoms with van der Waals surface area (Å²) in [5, 5.41) is 18.5. The Kier molecular flexibility index (Phi) is 6.55. The highest BCUT2D eigenvalue weighted by Gasteiger charge is 2.38. The maximum Gasteiger partial charge on any atom is 0.490 e. The van der Waals surface area contributed by atoms with Crippen LogP contribution in [0.5, 0.6) is 0 Å². The van der Waals surface area contributed by atoms with Crippen molar-refractivity contribution in [3.8, 4) is 11.1 Å². The van der Waals surface area contributed by atoms with Crippen LogP contribution >= 0.6 is 0 Å². The molecule has 0 spiro atoms. The van der Waals surface area contributed by atoms with E-state index < -0.39 is 18.2 Å². The summed E-state index contributed by atoms with van der Waals surface area (Å²) in [5.41, 5.74) is 4.65. The molecule has 0 unspecified atom stereocenters. The Morgan fingerprint density at radius 2 is 1.48 bits per heavy atom. The van der Waals surface area contributed by atoms with E-state index in [1.807, 2.05) is 56.3 Å². The molecule has 5 nitrogen and oxygen atoms in total. The second-order valence-corrected chi connectivity index (χ2v) is 5.10. The third-order valence-corrected chi connectivity index (χ3v) is 3.11. The van der Waals surface area contributed by atoms with E-state index in [0.717, 1.165) is 16.7 Å². The molecule has 25 heavy (non-hydrogen) atoms. The highest BCUT2D eigenvalue weighted by atomic mass is 19.4. The van der Waals surface area contributed by atoms with Gasteiger partial charge in [-0.3, -0.25) is 5.32 Å². The highest BCUT2D eigenvalue weighted by molar-refractivity contribution is 5.92. The Morgan fingerprint density at radius 1 is 0.960 bits per heavy atom. The second-order valence-electron chi connectivity index (χ2n) is 5.10. The van der Waals surface area contributed by atoms with Gasteiger partial charge in [-0.05, 0) is 25.0 Å². The molecule has 0 radical (unpaired) electrons. The fourth-order valence-corrected chi connectivity index (χ4v) is 1.91. The van der Waals surface area contributed by atoms with Gasteiger partial charge in [-0.1, -0.05) is 48.0 Å². The zero-order valence-electron chi connectivity index (χ0n) is 13.4. The highest BCUT2D eigenvalue weighted by Crippen LogP contribution is 2.30. The Morgan fingerprint density at radius 3 is 1.92 bits per heavy atom. The first-order chi connectivity index (χ1) is 11.5. The van der Waals surface area contributed by atoms with Crippen LogP contribution in [0.3, 0.4) is 0 Å². The van der Waals surface area contributed by atoms with Crippen LogP contribution in [0.1, 0.15) is 11.1 Å². The predicted molar refractivity (Wildman–Crippen MR) is 86.7 cm³/mol. The van der Waals surface area contributed by atoms with E-state index in [1.165, 1.54) is 5.56 Å². The van der Waals surface area contributed by atoms with E-state index in [4.69, 9.17) is 15.0 Å². The van der Waals surface area contributed by atoms with Gasteiger partial charge in [0, 0.05) is 5.56 Å². The van der Waals surface area contributed by atoms with E-state index in [-0.39, 0.29) is 0 Å². The number of benzene rings is 2. The van der Waals surface area contributed by atoms with Crippen LogP contribution in [0.4, 0.5) is 23.7 Å². The molecule has 0 bridgehead atoms. The second kappa shape index (κ2) is 8.18. The summed E-state index contributed by atoms with van der Waals surface area (Å²) in [5.74, 6) is -2.76. The van der Waals surface area contributed by atoms with Crippen molar-refractivity contribution < 1.29 is 33.0 Å². The molecule has 0 heterocycles. The van der Waals surface area contributed by atoms with Crippen molar-refractivity contribution in [1.82, 2.24) is 0 Å². The Bertz CT molecular complexity index is 755. The number of hydrogen-bond donors (Lipinski definition) is 3. The number of halogens is 3. The number of aliphatic carboxylic acids is 1. The SMILES string of the molecule is Cc1ccc(-c2cccc(C)c2NC(=O)O)cc1.O=C(O)C(F)(F)F. The number of carboxylic acid groups (broad SMARTS) is 2. The molecule has 0 saturated carbocycles. The van der Waals surface area contributed by atoms with Gasteiger partial charge in [0.05, 0.1) is 5.69 Å². The van der Waals surface area contributed by atoms with E-state index in [9.17, 15) is 18.0 Å². The number of anilines is 1. The van der Waals surface area contributed by atoms with Gasteiger partial charge in [0.1, 0.15) is 0 Å². The van der Waals surface area contributed by atoms with Gasteiger partial charge in [0.2, 0.25) is 0 Å². The number of para-hydroxylation sites is 1. The van der Waals surface area contributed by atoms with Crippen molar-refractivity contribution in [3.05, 3.63) is 53.6 Å². The van der Waals surface area contributed by atoms with Crippen molar-refractivity contribution in [1.29, 1.82) is 0 Å². The molecular weight excluding hydrogens is 339 g/mol. The first-order valence-corrected chi connectivity index (χ1v) is 6.99. The van der Waals surface area contributed by atoms with E-state index in [1.54, 1.807) is 0 Å². The van der Waals surface area contributed by atoms with E-state index >= 15 is 0 Å². The fraction of sp³-hybridized carbons (Fsp3) is 0.176. The summed E-state index contributed by atoms with van der Waals surface area (Å²) >= 11 is 0. The Balaban J connectivity index is 0.000000381. The third-order valence-electron chi connectivity index (χ3n) is 3.11. The summed E-state index contributed by atoms with van der Waals surface area (Å²) in [6, 6.07) is 13.8. The molecule has 1 amide bonds. The molecule has 2 aromatic carbocycles. The fourth-order valence-electron chi connectivity index (χ4n) is 1.91. The van der Waals surface area contributed by atoms with Crippen molar-refractivity contribution in [2.24, 2.45) is 0 Å². The number of hydrogen-bond acceptors (Lipinski definition) is 2. The Hall–Kier alpha value is -3.03. The summed E-state index contributed by atoms with van der Waals surface area (Å²) in [4.78, 5) is 19.7. The monoisotopic (exact) mass is 355 g/mol. The zero-order chi connectivity index (χ0) is 19.2. The zero-order valence-corrected chi connectivity index (χ0v) is 13.4. The summed E-state index contributed by atoms with van der Waals surface area (Å²) in [6.45, 7) is 3.92. The van der Waals surface area contributed by atoms with Gasteiger partial charge in [-0.15, -0.1) is 0 Å². The van der Waals surface area contributed by atoms with Crippen molar-refractivity contribution in [3.63, 3.8) is 0 Å². The summed E-state index contributed by atoms with van der Waals surface area (Å²) in [6.07, 6.45) is -6.13. The van der Waals surface area contributed by atoms with Crippen LogP contribution in [-0.2, 0) is 4.79 Å². The molecule has 0 fully saturated rings. The number of nitrogens with one attached hydrogen (secondary N) is 1. The van der Waals surface area contributed by atoms with Gasteiger partial charge >= 0.3 is 18.2 Å². The van der Waals surface area contributed by atoms with Crippen molar-refractivity contribution in [2.75, 3.05) is 5.32 Å². The van der Waals surface area contributed by atoms with Crippen LogP contribution in [-0.4, -0.2) is 28.5 Å². The van der Waals surface area contributed by atoms with Crippen LogP contribution < -0.4 is 5.32 Å². The van der Waals surface area contributed by atoms with Crippen LogP contribution in [0, 0.1) is 13.8 Å². The van der Waals surface area contributed by atoms with Gasteiger partial charge in [0.15, 0.2) is 0 Å². The van der Waals surface area contributed by atoms with Gasteiger partial charge in [0.25, 0.3) is 0 Å². The molecule has 0 atom stereocenters. The number of carbonyl (C=O) groups is 2. The minimum Gasteiger partial charge on any atom is -0.475 e. The average Bonchev–Trinajstić information content (AvgIpc) is 2.49. The van der Waals surface area contributed by atoms with Gasteiger partial charge in [-0.2, -0.15) is 13.2 Å². The standard InChI is InChI=1S/C15H15NO2.C2HF3O2/c1-10-6-8-12(9-7-10)13-5-3-4-11(2)14(13)16-15(17)18;3-2(4,5)1(6)7/h3-9,16H,1-2H3,(H,17,18);(H,6,7). The third kappa shape index (κ3) is 6.17. The van der Waals surface area contributed by atoms with Crippen LogP contribution in [0.15, 0.2) is 42.5 Å². The molecule has 2 rings (SSSR count). The molecule has 0 saturated heterocycles. The van der Waals surface area contributed by atoms with Crippen LogP contribution in [0.2, 0.25) is 0 Å². The van der Waals surface area contributed by atoms with Crippen molar-refractivity contribution >= 4 is 17.7 Å². The normalized spacial score (nSPS) is 10.4. The topological polar surface area (TPSA) is 86.6 Å². The minimum atomic E-state index is -5.08. The molecule has 2 aromatic rings. The number of carboxylic acids is 1. The maximum atomic E-state index is 10.8. The Labute approximate surface area is 141 Å². The van der Waals surface area contributed by atoms with Crippen molar-refractivity contribution in [2.45, 2.75) is 20.0 Å². The van der Waals surface area contributed by atoms with Crippen LogP contribution in [0.25, 0.3) is 11.1 Å². The average molecular weight is 355 g/mol. The largest absolute Gasteiger partial charge is 0.490 e. The van der Waals surface area contributed by atoms with E-state index in [2.05, 4.69) is 5.32 Å². The quantitative estimate of drug-likeness (QED) is 0.729. The molecule has 0 aliphatic rings. The number of alkyl halides is 3. The lowest BCUT2D eigenvalue weighted by atomic mass is 10.00. The predicted octanol–water partition coefficient (Wildman–Crippen LogP) is 4.69. The molecular formula is C17H16F3NO4. The molecule has 0 aliphatic heterocycles. The first-order valence-electron chi connectivity index (χ1n) is 6.99. The summed E-state index contributed by atoms with van der Waals surface area (Å²) < 4.78 is 31.7. The minimum absolute atomic E-state index is 0.647. The molecule has 3 N–H and O–H groups in total. The number of rotatable bonds is 2. The maximum absolute atomic E-state index is 10.8. The lowest BCUT2D eigenvalue weighted by molar-refractivity contribution is -0.192. The lowest BCUT2D eigenvalue weighted by Crippen LogP contribution is -2.21. The lowest BCUT2D eigenvalue weighted by Gasteiger charge is -2.12. The van der Waals surface area contributed by atoms with Gasteiger partial charge in [-0.25, -0.2) is 9.59 Å². The number of aryl methyl sites for hydroxylation is 2. The van der Waals surface area contributed by atoms with E-state index in [0.29, 0.717) is 5.69 Å². The number of amides is 1. The summed E-state index contributed by atoms with van der Waals surface area (Å²) in [7, 11) is 0.